The number of imidazole rings is 1. The Morgan fingerprint density at radius 2 is 1.26 bits per heavy atom. The lowest BCUT2D eigenvalue weighted by molar-refractivity contribution is -0.663. The van der Waals surface area contributed by atoms with Gasteiger partial charge in [-0.25, -0.2) is 4.98 Å². The number of benzene rings is 8. The predicted molar refractivity (Wildman–Crippen MR) is 284 cm³/mol. The third kappa shape index (κ3) is 7.55. The highest BCUT2D eigenvalue weighted by Crippen LogP contribution is 2.43. The summed E-state index contributed by atoms with van der Waals surface area (Å²) in [5.41, 5.74) is 15.2. The summed E-state index contributed by atoms with van der Waals surface area (Å²) in [5, 5.41) is 2.15. The molecule has 0 amide bonds. The summed E-state index contributed by atoms with van der Waals surface area (Å²) in [5.74, 6) is 2.09. The van der Waals surface area contributed by atoms with Crippen molar-refractivity contribution in [2.45, 2.75) is 33.1 Å². The zero-order valence-corrected chi connectivity index (χ0v) is 39.4. The summed E-state index contributed by atoms with van der Waals surface area (Å²) < 4.78 is 61.0. The number of aromatic nitrogens is 4. The van der Waals surface area contributed by atoms with E-state index in [4.69, 9.17) is 21.0 Å². The molecule has 338 valence electrons. The molecule has 0 N–H and O–H groups in total. The van der Waals surface area contributed by atoms with Crippen molar-refractivity contribution in [3.8, 4) is 84.3 Å². The minimum atomic E-state index is -0.410. The molecule has 0 atom stereocenters. The molecule has 0 saturated carbocycles. The van der Waals surface area contributed by atoms with Gasteiger partial charge in [0.05, 0.1) is 36.9 Å². The van der Waals surface area contributed by atoms with Crippen molar-refractivity contribution >= 4 is 27.5 Å². The summed E-state index contributed by atoms with van der Waals surface area (Å²) in [6.45, 7) is 8.67. The van der Waals surface area contributed by atoms with E-state index >= 15 is 0 Å². The fourth-order valence-corrected chi connectivity index (χ4v) is 9.74. The van der Waals surface area contributed by atoms with Crippen LogP contribution < -0.4 is 9.30 Å². The smallest absolute Gasteiger partial charge is 0.246 e. The van der Waals surface area contributed by atoms with Crippen molar-refractivity contribution in [1.29, 1.82) is 0 Å². The zero-order valence-electron chi connectivity index (χ0n) is 44.4. The number of hydrogen-bond donors (Lipinski definition) is 0. The molecule has 0 spiro atoms. The van der Waals surface area contributed by atoms with Crippen molar-refractivity contribution < 1.29 is 20.6 Å². The highest BCUT2D eigenvalue weighted by molar-refractivity contribution is 6.09. The number of pyridine rings is 1. The van der Waals surface area contributed by atoms with Gasteiger partial charge < -0.3 is 13.7 Å². The molecule has 6 heteroatoms. The maximum atomic E-state index is 8.47. The first-order valence-corrected chi connectivity index (χ1v) is 23.4. The van der Waals surface area contributed by atoms with Crippen molar-refractivity contribution in [3.63, 3.8) is 0 Å². The molecule has 6 nitrogen and oxygen atoms in total. The molecule has 0 unspecified atom stereocenters. The standard InChI is InChI=1S/C64H50N4O2/c1-42-34-60(65-39-56(42)47-30-28-44(29-31-47)43-18-9-6-10-19-43)68-57-27-16-15-24-54(57)55-33-32-50(38-58(55)68)70-51-36-48(35-49(37-51)64(2,3)4)59-40-69-63-62(66(5)41-67(59)63)61-52(45-20-11-7-12-21-45)25-17-26-53(61)46-22-13-8-14-23-46/h6-40H,1-5H3/i6D,9D,10D,18D,19D. The van der Waals surface area contributed by atoms with Crippen LogP contribution in [0.5, 0.6) is 11.5 Å². The number of nitrogens with zero attached hydrogens (tertiary/aromatic N) is 4. The third-order valence-corrected chi connectivity index (χ3v) is 13.2. The topological polar surface area (TPSA) is 48.5 Å². The Morgan fingerprint density at radius 3 is 1.96 bits per heavy atom. The Hall–Kier alpha value is -8.74. The number of aryl methyl sites for hydroxylation is 2. The Bertz CT molecular complexity index is 4120. The van der Waals surface area contributed by atoms with Gasteiger partial charge in [0.25, 0.3) is 0 Å². The van der Waals surface area contributed by atoms with Crippen molar-refractivity contribution in [2.24, 2.45) is 7.05 Å². The largest absolute Gasteiger partial charge is 0.484 e. The van der Waals surface area contributed by atoms with E-state index in [-0.39, 0.29) is 35.1 Å². The quantitative estimate of drug-likeness (QED) is 0.107. The molecule has 0 bridgehead atoms. The van der Waals surface area contributed by atoms with Gasteiger partial charge >= 0.3 is 0 Å². The lowest BCUT2D eigenvalue weighted by atomic mass is 9.85. The molecular weight excluding hydrogens is 857 g/mol. The Balaban J connectivity index is 0.919. The molecule has 12 rings (SSSR count). The number of oxazole rings is 1. The van der Waals surface area contributed by atoms with Gasteiger partial charge in [0.1, 0.15) is 23.0 Å². The van der Waals surface area contributed by atoms with Gasteiger partial charge in [0, 0.05) is 28.6 Å². The van der Waals surface area contributed by atoms with E-state index in [1.807, 2.05) is 70.9 Å². The molecule has 0 aliphatic rings. The highest BCUT2D eigenvalue weighted by Gasteiger charge is 2.25. The number of fused-ring (bicyclic) bond motifs is 4. The maximum absolute atomic E-state index is 8.47. The summed E-state index contributed by atoms with van der Waals surface area (Å²) in [7, 11) is 2.02. The minimum absolute atomic E-state index is 0.174. The SMILES string of the molecule is [2H]c1c([2H])c([2H])c(-c2ccc(-c3cnc(-n4c5ccccc5c5ccc(Oc6cc(-c7coc8c(-c9c(-c%10ccccc%10)cccc9-c9ccccc9)[n+](C)[c-]n78)cc(C(C)(C)C)c6)cc54)cc3C)cc2)c([2H])c1[2H]. The van der Waals surface area contributed by atoms with E-state index in [1.165, 1.54) is 0 Å². The Labute approximate surface area is 415 Å². The fourth-order valence-electron chi connectivity index (χ4n) is 9.74. The second-order valence-electron chi connectivity index (χ2n) is 18.8. The van der Waals surface area contributed by atoms with Crippen molar-refractivity contribution in [2.75, 3.05) is 0 Å². The van der Waals surface area contributed by atoms with Gasteiger partial charge in [0.15, 0.2) is 0 Å². The van der Waals surface area contributed by atoms with Gasteiger partial charge in [-0.05, 0) is 110 Å². The predicted octanol–water partition coefficient (Wildman–Crippen LogP) is 16.0. The van der Waals surface area contributed by atoms with Gasteiger partial charge in [-0.3, -0.25) is 8.97 Å². The number of hydrogen-bond acceptors (Lipinski definition) is 3. The second-order valence-corrected chi connectivity index (χ2v) is 18.8. The second kappa shape index (κ2) is 17.1. The van der Waals surface area contributed by atoms with Gasteiger partial charge in [-0.2, -0.15) is 0 Å². The normalized spacial score (nSPS) is 12.8. The van der Waals surface area contributed by atoms with Crippen LogP contribution in [0.2, 0.25) is 0 Å². The van der Waals surface area contributed by atoms with Crippen molar-refractivity contribution in [3.05, 3.63) is 230 Å². The van der Waals surface area contributed by atoms with Crippen LogP contribution in [0.4, 0.5) is 0 Å². The highest BCUT2D eigenvalue weighted by atomic mass is 16.5. The number of ether oxygens (including phenoxy) is 1. The maximum Gasteiger partial charge on any atom is 0.246 e. The molecule has 70 heavy (non-hydrogen) atoms. The first-order valence-electron chi connectivity index (χ1n) is 25.9. The fraction of sp³-hybridized carbons (Fsp3) is 0.0938. The summed E-state index contributed by atoms with van der Waals surface area (Å²) in [6, 6.07) is 56.3. The molecule has 4 heterocycles. The first kappa shape index (κ1) is 37.3. The lowest BCUT2D eigenvalue weighted by Gasteiger charge is -2.21. The van der Waals surface area contributed by atoms with E-state index in [2.05, 4.69) is 154 Å². The molecule has 0 saturated heterocycles. The van der Waals surface area contributed by atoms with E-state index in [0.717, 1.165) is 94.6 Å². The molecule has 4 aromatic heterocycles. The molecule has 0 radical (unpaired) electrons. The number of para-hydroxylation sites is 1. The summed E-state index contributed by atoms with van der Waals surface area (Å²) >= 11 is 0. The lowest BCUT2D eigenvalue weighted by Crippen LogP contribution is -2.28. The Kier molecular flexibility index (Phi) is 9.10. The van der Waals surface area contributed by atoms with E-state index in [0.29, 0.717) is 22.8 Å². The number of rotatable bonds is 9. The van der Waals surface area contributed by atoms with Crippen LogP contribution >= 0.6 is 0 Å². The van der Waals surface area contributed by atoms with Crippen LogP contribution in [0, 0.1) is 13.3 Å². The van der Waals surface area contributed by atoms with E-state index in [9.17, 15) is 0 Å². The minimum Gasteiger partial charge on any atom is -0.484 e. The van der Waals surface area contributed by atoms with E-state index < -0.39 is 6.04 Å². The third-order valence-electron chi connectivity index (χ3n) is 13.2. The average molecular weight is 912 g/mol. The molecule has 0 fully saturated rings. The summed E-state index contributed by atoms with van der Waals surface area (Å²) in [6.07, 6.45) is 7.29. The van der Waals surface area contributed by atoms with Crippen LogP contribution in [0.15, 0.2) is 217 Å². The Morgan fingerprint density at radius 1 is 0.600 bits per heavy atom. The van der Waals surface area contributed by atoms with Gasteiger partial charge in [-0.1, -0.05) is 178 Å². The van der Waals surface area contributed by atoms with Crippen LogP contribution in [0.3, 0.4) is 0 Å². The van der Waals surface area contributed by atoms with Crippen LogP contribution in [0.25, 0.3) is 100 Å². The van der Waals surface area contributed by atoms with E-state index in [1.54, 1.807) is 12.1 Å². The van der Waals surface area contributed by atoms with Crippen LogP contribution in [-0.2, 0) is 12.5 Å². The zero-order chi connectivity index (χ0) is 51.9. The van der Waals surface area contributed by atoms with Crippen LogP contribution in [0.1, 0.15) is 38.8 Å². The van der Waals surface area contributed by atoms with Gasteiger partial charge in [-0.15, -0.1) is 0 Å². The molecule has 0 aliphatic carbocycles. The van der Waals surface area contributed by atoms with Crippen molar-refractivity contribution in [1.82, 2.24) is 14.0 Å². The monoisotopic (exact) mass is 911 g/mol. The molecule has 8 aromatic carbocycles. The van der Waals surface area contributed by atoms with Gasteiger partial charge in [0.2, 0.25) is 12.0 Å². The first-order chi connectivity index (χ1) is 36.2. The average Bonchev–Trinajstić information content (AvgIpc) is 4.09. The molecule has 0 aliphatic heterocycles. The van der Waals surface area contributed by atoms with Crippen LogP contribution in [-0.4, -0.2) is 14.0 Å². The summed E-state index contributed by atoms with van der Waals surface area (Å²) in [4.78, 5) is 5.06. The molecular formula is C64H50N4O2. The molecule has 12 aromatic rings.